The number of hydrogen-bond donors (Lipinski definition) is 1. The summed E-state index contributed by atoms with van der Waals surface area (Å²) in [4.78, 5) is 12.4. The molecule has 0 spiro atoms. The van der Waals surface area contributed by atoms with Gasteiger partial charge in [-0.05, 0) is 25.0 Å². The Morgan fingerprint density at radius 1 is 1.45 bits per heavy atom. The van der Waals surface area contributed by atoms with Crippen LogP contribution in [0.15, 0.2) is 23.1 Å². The van der Waals surface area contributed by atoms with Crippen LogP contribution in [0.5, 0.6) is 0 Å². The molecule has 7 nitrogen and oxygen atoms in total. The van der Waals surface area contributed by atoms with Gasteiger partial charge in [-0.2, -0.15) is 0 Å². The number of anilines is 1. The number of benzene rings is 1. The van der Waals surface area contributed by atoms with Crippen LogP contribution in [0.1, 0.15) is 12.8 Å². The van der Waals surface area contributed by atoms with Crippen molar-refractivity contribution in [3.05, 3.63) is 28.3 Å². The summed E-state index contributed by atoms with van der Waals surface area (Å²) in [6.07, 6.45) is 2.79. The Balaban J connectivity index is 2.45. The van der Waals surface area contributed by atoms with Gasteiger partial charge in [-0.3, -0.25) is 10.1 Å². The van der Waals surface area contributed by atoms with Gasteiger partial charge >= 0.3 is 0 Å². The smallest absolute Gasteiger partial charge is 0.293 e. The van der Waals surface area contributed by atoms with Crippen molar-refractivity contribution < 1.29 is 13.3 Å². The largest absolute Gasteiger partial charge is 0.364 e. The normalized spacial score (nSPS) is 19.9. The summed E-state index contributed by atoms with van der Waals surface area (Å²) in [6.45, 7) is 1.23. The molecule has 0 saturated carbocycles. The molecule has 0 aromatic heterocycles. The van der Waals surface area contributed by atoms with Crippen molar-refractivity contribution in [2.45, 2.75) is 23.8 Å². The van der Waals surface area contributed by atoms with Gasteiger partial charge in [0.1, 0.15) is 5.69 Å². The summed E-state index contributed by atoms with van der Waals surface area (Å²) in [5, 5.41) is 11.2. The van der Waals surface area contributed by atoms with Crippen molar-refractivity contribution in [2.24, 2.45) is 5.73 Å². The monoisotopic (exact) mass is 299 g/mol. The summed E-state index contributed by atoms with van der Waals surface area (Å²) in [5.74, 6) is 0. The number of rotatable bonds is 3. The summed E-state index contributed by atoms with van der Waals surface area (Å²) >= 11 is 0. The number of sulfone groups is 1. The molecular formula is C12H17N3O4S. The van der Waals surface area contributed by atoms with E-state index in [2.05, 4.69) is 0 Å². The fourth-order valence-electron chi connectivity index (χ4n) is 2.38. The van der Waals surface area contributed by atoms with Crippen LogP contribution in [0.25, 0.3) is 0 Å². The van der Waals surface area contributed by atoms with E-state index in [4.69, 9.17) is 5.73 Å². The highest BCUT2D eigenvalue weighted by Gasteiger charge is 2.25. The third kappa shape index (κ3) is 3.07. The fourth-order valence-corrected chi connectivity index (χ4v) is 3.02. The zero-order chi connectivity index (χ0) is 14.9. The van der Waals surface area contributed by atoms with Crippen LogP contribution in [0.2, 0.25) is 0 Å². The van der Waals surface area contributed by atoms with E-state index >= 15 is 0 Å². The van der Waals surface area contributed by atoms with Crippen molar-refractivity contribution in [1.29, 1.82) is 0 Å². The first kappa shape index (κ1) is 14.7. The van der Waals surface area contributed by atoms with Crippen molar-refractivity contribution in [2.75, 3.05) is 24.2 Å². The van der Waals surface area contributed by atoms with Crippen LogP contribution in [-0.4, -0.2) is 38.7 Å². The molecule has 1 aromatic rings. The van der Waals surface area contributed by atoms with Gasteiger partial charge in [-0.15, -0.1) is 0 Å². The van der Waals surface area contributed by atoms with E-state index in [1.54, 1.807) is 0 Å². The van der Waals surface area contributed by atoms with Gasteiger partial charge in [0, 0.05) is 31.5 Å². The lowest BCUT2D eigenvalue weighted by Gasteiger charge is -2.32. The second-order valence-electron chi connectivity index (χ2n) is 5.03. The fraction of sp³-hybridized carbons (Fsp3) is 0.500. The lowest BCUT2D eigenvalue weighted by Crippen LogP contribution is -2.43. The highest BCUT2D eigenvalue weighted by atomic mass is 32.2. The summed E-state index contributed by atoms with van der Waals surface area (Å²) < 4.78 is 23.0. The molecule has 1 heterocycles. The molecule has 1 atom stereocenters. The van der Waals surface area contributed by atoms with Gasteiger partial charge in [0.2, 0.25) is 0 Å². The average molecular weight is 299 g/mol. The van der Waals surface area contributed by atoms with Crippen LogP contribution in [0.4, 0.5) is 11.4 Å². The summed E-state index contributed by atoms with van der Waals surface area (Å²) in [6, 6.07) is 3.99. The third-order valence-corrected chi connectivity index (χ3v) is 4.48. The topological polar surface area (TPSA) is 107 Å². The lowest BCUT2D eigenvalue weighted by atomic mass is 10.1. The highest BCUT2D eigenvalue weighted by Crippen LogP contribution is 2.32. The zero-order valence-corrected chi connectivity index (χ0v) is 12.0. The Bertz CT molecular complexity index is 630. The van der Waals surface area contributed by atoms with Crippen LogP contribution >= 0.6 is 0 Å². The second kappa shape index (κ2) is 5.37. The van der Waals surface area contributed by atoms with Gasteiger partial charge in [0.05, 0.1) is 9.82 Å². The number of nitrogens with two attached hydrogens (primary N) is 1. The molecule has 0 amide bonds. The molecule has 1 saturated heterocycles. The van der Waals surface area contributed by atoms with Crippen LogP contribution in [-0.2, 0) is 9.84 Å². The molecule has 0 bridgehead atoms. The molecule has 110 valence electrons. The number of nitro groups is 1. The van der Waals surface area contributed by atoms with Crippen LogP contribution in [0, 0.1) is 10.1 Å². The average Bonchev–Trinajstić information content (AvgIpc) is 2.37. The first-order valence-electron chi connectivity index (χ1n) is 6.28. The number of nitrogens with zero attached hydrogens (tertiary/aromatic N) is 2. The predicted molar refractivity (Wildman–Crippen MR) is 75.6 cm³/mol. The number of hydrogen-bond acceptors (Lipinski definition) is 6. The van der Waals surface area contributed by atoms with E-state index in [1.807, 2.05) is 4.90 Å². The molecule has 1 aromatic carbocycles. The minimum Gasteiger partial charge on any atom is -0.364 e. The minimum absolute atomic E-state index is 0.0158. The number of piperidine rings is 1. The molecule has 0 radical (unpaired) electrons. The molecular weight excluding hydrogens is 282 g/mol. The predicted octanol–water partition coefficient (Wildman–Crippen LogP) is 0.926. The molecule has 1 fully saturated rings. The van der Waals surface area contributed by atoms with Gasteiger partial charge in [-0.25, -0.2) is 8.42 Å². The van der Waals surface area contributed by atoms with E-state index in [-0.39, 0.29) is 16.6 Å². The van der Waals surface area contributed by atoms with E-state index in [0.717, 1.165) is 25.2 Å². The van der Waals surface area contributed by atoms with Crippen molar-refractivity contribution in [3.8, 4) is 0 Å². The molecule has 1 aliphatic rings. The van der Waals surface area contributed by atoms with Gasteiger partial charge in [0.15, 0.2) is 9.84 Å². The standard InChI is InChI=1S/C12H17N3O4S/c1-20(18,19)10-4-5-11(12(7-10)15(16)17)14-6-2-3-9(13)8-14/h4-5,7,9H,2-3,6,8,13H2,1H3/t9-/m1/s1. The third-order valence-electron chi connectivity index (χ3n) is 3.37. The first-order valence-corrected chi connectivity index (χ1v) is 8.17. The Labute approximate surface area is 117 Å². The molecule has 1 aliphatic heterocycles. The second-order valence-corrected chi connectivity index (χ2v) is 7.04. The highest BCUT2D eigenvalue weighted by molar-refractivity contribution is 7.90. The minimum atomic E-state index is -3.46. The van der Waals surface area contributed by atoms with Crippen molar-refractivity contribution >= 4 is 21.2 Å². The van der Waals surface area contributed by atoms with E-state index in [1.165, 1.54) is 12.1 Å². The van der Waals surface area contributed by atoms with Crippen LogP contribution in [0.3, 0.4) is 0 Å². The maximum absolute atomic E-state index is 11.5. The maximum atomic E-state index is 11.5. The molecule has 0 unspecified atom stereocenters. The van der Waals surface area contributed by atoms with Gasteiger partial charge in [-0.1, -0.05) is 0 Å². The number of nitro benzene ring substituents is 1. The SMILES string of the molecule is CS(=O)(=O)c1ccc(N2CCC[C@@H](N)C2)c([N+](=O)[O-])c1. The quantitative estimate of drug-likeness (QED) is 0.657. The molecule has 8 heteroatoms. The molecule has 20 heavy (non-hydrogen) atoms. The Morgan fingerprint density at radius 2 is 2.15 bits per heavy atom. The van der Waals surface area contributed by atoms with Crippen molar-refractivity contribution in [3.63, 3.8) is 0 Å². The Morgan fingerprint density at radius 3 is 2.70 bits per heavy atom. The Hall–Kier alpha value is -1.67. The molecule has 0 aliphatic carbocycles. The zero-order valence-electron chi connectivity index (χ0n) is 11.2. The van der Waals surface area contributed by atoms with E-state index < -0.39 is 14.8 Å². The summed E-state index contributed by atoms with van der Waals surface area (Å²) in [7, 11) is -3.46. The maximum Gasteiger partial charge on any atom is 0.293 e. The van der Waals surface area contributed by atoms with E-state index in [0.29, 0.717) is 18.8 Å². The Kier molecular flexibility index (Phi) is 3.96. The van der Waals surface area contributed by atoms with Crippen molar-refractivity contribution in [1.82, 2.24) is 0 Å². The van der Waals surface area contributed by atoms with Gasteiger partial charge in [0.25, 0.3) is 5.69 Å². The molecule has 2 rings (SSSR count). The lowest BCUT2D eigenvalue weighted by molar-refractivity contribution is -0.384. The van der Waals surface area contributed by atoms with E-state index in [9.17, 15) is 18.5 Å². The van der Waals surface area contributed by atoms with Gasteiger partial charge < -0.3 is 10.6 Å². The molecule has 2 N–H and O–H groups in total. The first-order chi connectivity index (χ1) is 9.29. The summed E-state index contributed by atoms with van der Waals surface area (Å²) in [5.41, 5.74) is 6.12. The van der Waals surface area contributed by atoms with Crippen LogP contribution < -0.4 is 10.6 Å².